The number of aliphatic imine (C=N–C) groups is 1. The Labute approximate surface area is 129 Å². The monoisotopic (exact) mass is 299 g/mol. The third kappa shape index (κ3) is 9.69. The van der Waals surface area contributed by atoms with Gasteiger partial charge in [0.1, 0.15) is 0 Å². The summed E-state index contributed by atoms with van der Waals surface area (Å²) < 4.78 is 11.2. The van der Waals surface area contributed by atoms with E-state index >= 15 is 0 Å². The van der Waals surface area contributed by atoms with Crippen LogP contribution in [0.2, 0.25) is 0 Å². The van der Waals surface area contributed by atoms with Crippen LogP contribution < -0.4 is 10.6 Å². The molecule has 1 rings (SSSR count). The van der Waals surface area contributed by atoms with Gasteiger partial charge < -0.3 is 20.1 Å². The number of hydrogen-bond donors (Lipinski definition) is 2. The minimum absolute atomic E-state index is 0.329. The van der Waals surface area contributed by atoms with Gasteiger partial charge in [0.2, 0.25) is 0 Å². The third-order valence-corrected chi connectivity index (χ3v) is 3.63. The van der Waals surface area contributed by atoms with Crippen LogP contribution in [-0.4, -0.2) is 52.0 Å². The molecule has 0 aromatic carbocycles. The SMILES string of the molecule is CCCCCCNC(=NC)NCCCOCC1CCCO1. The molecule has 1 fully saturated rings. The van der Waals surface area contributed by atoms with Crippen LogP contribution in [0.1, 0.15) is 51.9 Å². The molecule has 1 aliphatic heterocycles. The maximum Gasteiger partial charge on any atom is 0.190 e. The summed E-state index contributed by atoms with van der Waals surface area (Å²) in [6.45, 7) is 6.53. The molecular weight excluding hydrogens is 266 g/mol. The number of rotatable bonds is 11. The first-order chi connectivity index (χ1) is 10.4. The van der Waals surface area contributed by atoms with Gasteiger partial charge in [-0.2, -0.15) is 0 Å². The Balaban J connectivity index is 1.89. The number of nitrogens with one attached hydrogen (secondary N) is 2. The highest BCUT2D eigenvalue weighted by molar-refractivity contribution is 5.79. The van der Waals surface area contributed by atoms with Crippen molar-refractivity contribution < 1.29 is 9.47 Å². The predicted molar refractivity (Wildman–Crippen MR) is 87.9 cm³/mol. The highest BCUT2D eigenvalue weighted by atomic mass is 16.5. The molecule has 124 valence electrons. The third-order valence-electron chi connectivity index (χ3n) is 3.63. The van der Waals surface area contributed by atoms with E-state index in [0.29, 0.717) is 6.10 Å². The molecule has 0 spiro atoms. The smallest absolute Gasteiger partial charge is 0.190 e. The van der Waals surface area contributed by atoms with Crippen molar-refractivity contribution in [2.45, 2.75) is 58.0 Å². The van der Waals surface area contributed by atoms with Crippen molar-refractivity contribution in [2.24, 2.45) is 4.99 Å². The van der Waals surface area contributed by atoms with Crippen molar-refractivity contribution in [3.05, 3.63) is 0 Å². The Morgan fingerprint density at radius 2 is 2.00 bits per heavy atom. The van der Waals surface area contributed by atoms with Crippen LogP contribution in [-0.2, 0) is 9.47 Å². The van der Waals surface area contributed by atoms with Crippen molar-refractivity contribution >= 4 is 5.96 Å². The van der Waals surface area contributed by atoms with Gasteiger partial charge in [0, 0.05) is 33.4 Å². The molecule has 0 aromatic rings. The number of ether oxygens (including phenoxy) is 2. The molecule has 1 unspecified atom stereocenters. The molecule has 2 N–H and O–H groups in total. The van der Waals surface area contributed by atoms with Crippen molar-refractivity contribution in [1.29, 1.82) is 0 Å². The lowest BCUT2D eigenvalue weighted by atomic mass is 10.2. The van der Waals surface area contributed by atoms with E-state index in [1.54, 1.807) is 0 Å². The van der Waals surface area contributed by atoms with Gasteiger partial charge in [-0.05, 0) is 25.7 Å². The van der Waals surface area contributed by atoms with Crippen molar-refractivity contribution in [2.75, 3.05) is 40.0 Å². The van der Waals surface area contributed by atoms with E-state index in [-0.39, 0.29) is 0 Å². The molecular formula is C16H33N3O2. The minimum Gasteiger partial charge on any atom is -0.379 e. The minimum atomic E-state index is 0.329. The molecule has 1 saturated heterocycles. The van der Waals surface area contributed by atoms with Crippen LogP contribution >= 0.6 is 0 Å². The van der Waals surface area contributed by atoms with Gasteiger partial charge in [-0.1, -0.05) is 26.2 Å². The zero-order chi connectivity index (χ0) is 15.2. The summed E-state index contributed by atoms with van der Waals surface area (Å²) in [6, 6.07) is 0. The molecule has 1 heterocycles. The van der Waals surface area contributed by atoms with Crippen LogP contribution in [0.4, 0.5) is 0 Å². The number of unbranched alkanes of at least 4 members (excludes halogenated alkanes) is 3. The fourth-order valence-electron chi connectivity index (χ4n) is 2.35. The van der Waals surface area contributed by atoms with Crippen LogP contribution in [0.15, 0.2) is 4.99 Å². The summed E-state index contributed by atoms with van der Waals surface area (Å²) in [4.78, 5) is 4.22. The number of guanidine groups is 1. The van der Waals surface area contributed by atoms with E-state index in [0.717, 1.165) is 51.7 Å². The Bertz CT molecular complexity index is 266. The molecule has 0 radical (unpaired) electrons. The lowest BCUT2D eigenvalue weighted by Crippen LogP contribution is -2.38. The molecule has 1 atom stereocenters. The largest absolute Gasteiger partial charge is 0.379 e. The molecule has 0 aliphatic carbocycles. The summed E-state index contributed by atoms with van der Waals surface area (Å²) in [5, 5.41) is 6.66. The zero-order valence-corrected chi connectivity index (χ0v) is 13.8. The Morgan fingerprint density at radius 1 is 1.19 bits per heavy atom. The molecule has 0 aromatic heterocycles. The van der Waals surface area contributed by atoms with Crippen molar-refractivity contribution in [1.82, 2.24) is 10.6 Å². The Hall–Kier alpha value is -0.810. The van der Waals surface area contributed by atoms with Gasteiger partial charge >= 0.3 is 0 Å². The normalized spacial score (nSPS) is 19.0. The molecule has 0 saturated carbocycles. The molecule has 5 nitrogen and oxygen atoms in total. The van der Waals surface area contributed by atoms with Crippen LogP contribution in [0.3, 0.4) is 0 Å². The summed E-state index contributed by atoms with van der Waals surface area (Å²) >= 11 is 0. The maximum absolute atomic E-state index is 5.63. The summed E-state index contributed by atoms with van der Waals surface area (Å²) in [5.74, 6) is 0.894. The van der Waals surface area contributed by atoms with Crippen LogP contribution in [0, 0.1) is 0 Å². The first-order valence-corrected chi connectivity index (χ1v) is 8.50. The fourth-order valence-corrected chi connectivity index (χ4v) is 2.35. The van der Waals surface area contributed by atoms with Gasteiger partial charge in [-0.3, -0.25) is 4.99 Å². The van der Waals surface area contributed by atoms with Gasteiger partial charge in [0.25, 0.3) is 0 Å². The Kier molecular flexibility index (Phi) is 11.2. The van der Waals surface area contributed by atoms with E-state index in [1.165, 1.54) is 32.1 Å². The van der Waals surface area contributed by atoms with Gasteiger partial charge in [-0.25, -0.2) is 0 Å². The lowest BCUT2D eigenvalue weighted by molar-refractivity contribution is 0.0168. The molecule has 21 heavy (non-hydrogen) atoms. The lowest BCUT2D eigenvalue weighted by Gasteiger charge is -2.13. The highest BCUT2D eigenvalue weighted by Crippen LogP contribution is 2.11. The van der Waals surface area contributed by atoms with Crippen molar-refractivity contribution in [3.63, 3.8) is 0 Å². The second-order valence-corrected chi connectivity index (χ2v) is 5.55. The Morgan fingerprint density at radius 3 is 2.67 bits per heavy atom. The topological polar surface area (TPSA) is 54.9 Å². The van der Waals surface area contributed by atoms with E-state index in [9.17, 15) is 0 Å². The quantitative estimate of drug-likeness (QED) is 0.349. The summed E-state index contributed by atoms with van der Waals surface area (Å²) in [5.41, 5.74) is 0. The molecule has 1 aliphatic rings. The van der Waals surface area contributed by atoms with E-state index in [4.69, 9.17) is 9.47 Å². The molecule has 0 amide bonds. The standard InChI is InChI=1S/C16H33N3O2/c1-3-4-5-6-10-18-16(17-2)19-11-8-12-20-14-15-9-7-13-21-15/h15H,3-14H2,1-2H3,(H2,17,18,19). The van der Waals surface area contributed by atoms with Crippen molar-refractivity contribution in [3.8, 4) is 0 Å². The van der Waals surface area contributed by atoms with E-state index in [1.807, 2.05) is 7.05 Å². The van der Waals surface area contributed by atoms with Gasteiger partial charge in [0.05, 0.1) is 12.7 Å². The van der Waals surface area contributed by atoms with Gasteiger partial charge in [0.15, 0.2) is 5.96 Å². The van der Waals surface area contributed by atoms with Gasteiger partial charge in [-0.15, -0.1) is 0 Å². The first kappa shape index (κ1) is 18.2. The fraction of sp³-hybridized carbons (Fsp3) is 0.938. The first-order valence-electron chi connectivity index (χ1n) is 8.50. The highest BCUT2D eigenvalue weighted by Gasteiger charge is 2.14. The van der Waals surface area contributed by atoms with E-state index < -0.39 is 0 Å². The number of nitrogens with zero attached hydrogens (tertiary/aromatic N) is 1. The molecule has 0 bridgehead atoms. The van der Waals surface area contributed by atoms with Crippen LogP contribution in [0.5, 0.6) is 0 Å². The average molecular weight is 299 g/mol. The number of hydrogen-bond acceptors (Lipinski definition) is 3. The molecule has 5 heteroatoms. The second-order valence-electron chi connectivity index (χ2n) is 5.55. The summed E-state index contributed by atoms with van der Waals surface area (Å²) in [6.07, 6.45) is 8.73. The van der Waals surface area contributed by atoms with Crippen LogP contribution in [0.25, 0.3) is 0 Å². The summed E-state index contributed by atoms with van der Waals surface area (Å²) in [7, 11) is 1.81. The maximum atomic E-state index is 5.63. The zero-order valence-electron chi connectivity index (χ0n) is 13.8. The van der Waals surface area contributed by atoms with E-state index in [2.05, 4.69) is 22.5 Å². The average Bonchev–Trinajstić information content (AvgIpc) is 3.01. The second kappa shape index (κ2) is 12.9. The predicted octanol–water partition coefficient (Wildman–Crippen LogP) is 2.32.